The van der Waals surface area contributed by atoms with Crippen LogP contribution in [0.25, 0.3) is 10.2 Å². The highest BCUT2D eigenvalue weighted by atomic mass is 32.2. The Morgan fingerprint density at radius 1 is 1.38 bits per heavy atom. The average molecular weight is 448 g/mol. The van der Waals surface area contributed by atoms with E-state index in [0.29, 0.717) is 29.7 Å². The molecule has 1 unspecified atom stereocenters. The first-order chi connectivity index (χ1) is 14.0. The zero-order chi connectivity index (χ0) is 20.4. The second kappa shape index (κ2) is 9.02. The van der Waals surface area contributed by atoms with Crippen LogP contribution in [-0.4, -0.2) is 21.6 Å². The molecular formula is C21H25N3O2S3. The highest BCUT2D eigenvalue weighted by molar-refractivity contribution is 7.98. The van der Waals surface area contributed by atoms with E-state index in [0.717, 1.165) is 29.5 Å². The number of hydrogen-bond donors (Lipinski definition) is 2. The number of aromatic nitrogens is 2. The van der Waals surface area contributed by atoms with Crippen LogP contribution < -0.4 is 10.9 Å². The number of aromatic amines is 1. The number of aryl methyl sites for hydroxylation is 2. The fraction of sp³-hybridized carbons (Fsp3) is 0.476. The van der Waals surface area contributed by atoms with Crippen LogP contribution in [0.3, 0.4) is 0 Å². The highest BCUT2D eigenvalue weighted by Crippen LogP contribution is 2.34. The van der Waals surface area contributed by atoms with E-state index in [-0.39, 0.29) is 17.5 Å². The number of thiophene rings is 2. The number of H-pyrrole nitrogens is 1. The predicted octanol–water partition coefficient (Wildman–Crippen LogP) is 4.67. The Balaban J connectivity index is 1.30. The van der Waals surface area contributed by atoms with Gasteiger partial charge in [0.15, 0.2) is 0 Å². The minimum atomic E-state index is -0.0153. The molecule has 29 heavy (non-hydrogen) atoms. The third-order valence-electron chi connectivity index (χ3n) is 5.17. The largest absolute Gasteiger partial charge is 0.348 e. The van der Waals surface area contributed by atoms with Gasteiger partial charge in [-0.1, -0.05) is 19.9 Å². The number of amides is 1. The third-order valence-corrected chi connectivity index (χ3v) is 8.28. The first kappa shape index (κ1) is 20.6. The summed E-state index contributed by atoms with van der Waals surface area (Å²) in [5.41, 5.74) is 1.19. The summed E-state index contributed by atoms with van der Waals surface area (Å²) in [6, 6.07) is 4.15. The van der Waals surface area contributed by atoms with Gasteiger partial charge in [-0.3, -0.25) is 9.59 Å². The van der Waals surface area contributed by atoms with Gasteiger partial charge in [0, 0.05) is 21.9 Å². The van der Waals surface area contributed by atoms with Gasteiger partial charge in [-0.15, -0.1) is 22.7 Å². The third kappa shape index (κ3) is 4.59. The summed E-state index contributed by atoms with van der Waals surface area (Å²) in [5.74, 6) is 2.42. The summed E-state index contributed by atoms with van der Waals surface area (Å²) in [6.45, 7) is 4.25. The fourth-order valence-corrected chi connectivity index (χ4v) is 6.76. The van der Waals surface area contributed by atoms with Crippen molar-refractivity contribution in [3.8, 4) is 0 Å². The van der Waals surface area contributed by atoms with Crippen molar-refractivity contribution in [1.82, 2.24) is 15.3 Å². The van der Waals surface area contributed by atoms with Gasteiger partial charge in [0.2, 0.25) is 5.91 Å². The Morgan fingerprint density at radius 2 is 2.24 bits per heavy atom. The van der Waals surface area contributed by atoms with Gasteiger partial charge in [0.1, 0.15) is 10.7 Å². The number of fused-ring (bicyclic) bond motifs is 3. The van der Waals surface area contributed by atoms with Crippen molar-refractivity contribution in [1.29, 1.82) is 0 Å². The Morgan fingerprint density at radius 3 is 3.00 bits per heavy atom. The lowest BCUT2D eigenvalue weighted by molar-refractivity contribution is -0.121. The fourth-order valence-electron chi connectivity index (χ4n) is 3.73. The van der Waals surface area contributed by atoms with E-state index in [1.165, 1.54) is 15.3 Å². The molecule has 3 aromatic rings. The molecule has 1 atom stereocenters. The van der Waals surface area contributed by atoms with Crippen LogP contribution in [0.1, 0.15) is 53.9 Å². The smallest absolute Gasteiger partial charge is 0.259 e. The lowest BCUT2D eigenvalue weighted by Crippen LogP contribution is -2.31. The number of thioether (sulfide) groups is 1. The molecule has 5 nitrogen and oxygen atoms in total. The topological polar surface area (TPSA) is 74.8 Å². The Kier molecular flexibility index (Phi) is 6.41. The van der Waals surface area contributed by atoms with Crippen LogP contribution in [0.5, 0.6) is 0 Å². The lowest BCUT2D eigenvalue weighted by atomic mass is 10.0. The maximum absolute atomic E-state index is 12.5. The molecule has 2 N–H and O–H groups in total. The number of nitrogens with zero attached hydrogens (tertiary/aromatic N) is 1. The molecule has 0 saturated heterocycles. The molecule has 3 heterocycles. The summed E-state index contributed by atoms with van der Waals surface area (Å²) in [6.07, 6.45) is 3.66. The molecule has 0 radical (unpaired) electrons. The minimum absolute atomic E-state index is 0.0153. The first-order valence-corrected chi connectivity index (χ1v) is 12.8. The van der Waals surface area contributed by atoms with Crippen molar-refractivity contribution in [2.45, 2.75) is 51.3 Å². The second-order valence-electron chi connectivity index (χ2n) is 7.66. The van der Waals surface area contributed by atoms with E-state index >= 15 is 0 Å². The molecule has 1 amide bonds. The normalized spacial score (nSPS) is 14.4. The standard InChI is InChI=1S/C21H25N3O2S3/c1-12(2)19(15-7-4-9-28-15)24-17(25)8-10-27-11-16-22-20(26)18-13-5-3-6-14(13)29-21(18)23-16/h4,7,9,12,19H,3,5-6,8,10-11H2,1-2H3,(H,24,25)(H,22,23,26). The highest BCUT2D eigenvalue weighted by Gasteiger charge is 2.21. The predicted molar refractivity (Wildman–Crippen MR) is 123 cm³/mol. The molecule has 0 fully saturated rings. The number of hydrogen-bond acceptors (Lipinski definition) is 6. The maximum Gasteiger partial charge on any atom is 0.259 e. The molecule has 8 heteroatoms. The van der Waals surface area contributed by atoms with E-state index in [4.69, 9.17) is 0 Å². The van der Waals surface area contributed by atoms with Gasteiger partial charge in [-0.2, -0.15) is 11.8 Å². The van der Waals surface area contributed by atoms with Gasteiger partial charge in [0.25, 0.3) is 5.56 Å². The van der Waals surface area contributed by atoms with E-state index < -0.39 is 0 Å². The molecule has 0 bridgehead atoms. The van der Waals surface area contributed by atoms with Crippen LogP contribution in [0.15, 0.2) is 22.3 Å². The van der Waals surface area contributed by atoms with E-state index in [1.54, 1.807) is 34.4 Å². The maximum atomic E-state index is 12.5. The molecule has 154 valence electrons. The molecule has 0 saturated carbocycles. The van der Waals surface area contributed by atoms with Gasteiger partial charge in [-0.25, -0.2) is 4.98 Å². The van der Waals surface area contributed by atoms with Crippen molar-refractivity contribution in [2.24, 2.45) is 5.92 Å². The SMILES string of the molecule is CC(C)C(NC(=O)CCSCc1nc2sc3c(c2c(=O)[nH]1)CCC3)c1cccs1. The van der Waals surface area contributed by atoms with E-state index in [1.807, 2.05) is 11.4 Å². The molecule has 0 aliphatic heterocycles. The summed E-state index contributed by atoms with van der Waals surface area (Å²) in [5, 5.41) is 6.00. The minimum Gasteiger partial charge on any atom is -0.348 e. The number of carbonyl (C=O) groups is 1. The van der Waals surface area contributed by atoms with Crippen LogP contribution in [-0.2, 0) is 23.4 Å². The average Bonchev–Trinajstić information content (AvgIpc) is 3.39. The van der Waals surface area contributed by atoms with Crippen LogP contribution >= 0.6 is 34.4 Å². The number of carbonyl (C=O) groups excluding carboxylic acids is 1. The summed E-state index contributed by atoms with van der Waals surface area (Å²) < 4.78 is 0. The van der Waals surface area contributed by atoms with E-state index in [9.17, 15) is 9.59 Å². The van der Waals surface area contributed by atoms with Crippen LogP contribution in [0.4, 0.5) is 0 Å². The van der Waals surface area contributed by atoms with Gasteiger partial charge < -0.3 is 10.3 Å². The van der Waals surface area contributed by atoms with Crippen molar-refractivity contribution < 1.29 is 4.79 Å². The summed E-state index contributed by atoms with van der Waals surface area (Å²) in [4.78, 5) is 35.9. The molecular weight excluding hydrogens is 422 g/mol. The van der Waals surface area contributed by atoms with Gasteiger partial charge >= 0.3 is 0 Å². The van der Waals surface area contributed by atoms with Crippen LogP contribution in [0, 0.1) is 5.92 Å². The van der Waals surface area contributed by atoms with Gasteiger partial charge in [0.05, 0.1) is 17.2 Å². The molecule has 4 rings (SSSR count). The summed E-state index contributed by atoms with van der Waals surface area (Å²) >= 11 is 4.97. The number of nitrogens with one attached hydrogen (secondary N) is 2. The number of rotatable bonds is 8. The lowest BCUT2D eigenvalue weighted by Gasteiger charge is -2.21. The van der Waals surface area contributed by atoms with Crippen molar-refractivity contribution in [3.63, 3.8) is 0 Å². The Bertz CT molecular complexity index is 1050. The van der Waals surface area contributed by atoms with Crippen molar-refractivity contribution >= 4 is 50.6 Å². The molecule has 3 aromatic heterocycles. The molecule has 1 aliphatic rings. The molecule has 1 aliphatic carbocycles. The van der Waals surface area contributed by atoms with Crippen molar-refractivity contribution in [2.75, 3.05) is 5.75 Å². The quantitative estimate of drug-likeness (QED) is 0.492. The summed E-state index contributed by atoms with van der Waals surface area (Å²) in [7, 11) is 0. The molecule has 0 aromatic carbocycles. The molecule has 0 spiro atoms. The second-order valence-corrected chi connectivity index (χ2v) is 10.8. The first-order valence-electron chi connectivity index (χ1n) is 9.97. The Labute approximate surface area is 182 Å². The van der Waals surface area contributed by atoms with Gasteiger partial charge in [-0.05, 0) is 42.2 Å². The van der Waals surface area contributed by atoms with Crippen molar-refractivity contribution in [3.05, 3.63) is 49.0 Å². The van der Waals surface area contributed by atoms with E-state index in [2.05, 4.69) is 35.2 Å². The zero-order valence-electron chi connectivity index (χ0n) is 16.6. The van der Waals surface area contributed by atoms with Crippen LogP contribution in [0.2, 0.25) is 0 Å². The Hall–Kier alpha value is -1.64. The zero-order valence-corrected chi connectivity index (χ0v) is 19.1. The monoisotopic (exact) mass is 447 g/mol.